The Hall–Kier alpha value is -2.05. The number of nitrogens with two attached hydrogens (primary N) is 1. The number of primary amides is 1. The van der Waals surface area contributed by atoms with E-state index in [1.807, 2.05) is 0 Å². The lowest BCUT2D eigenvalue weighted by atomic mass is 10.1. The molecule has 0 fully saturated rings. The second kappa shape index (κ2) is 4.44. The minimum absolute atomic E-state index is 0.0352. The Morgan fingerprint density at radius 3 is 2.47 bits per heavy atom. The summed E-state index contributed by atoms with van der Waals surface area (Å²) in [4.78, 5) is 14.1. The van der Waals surface area contributed by atoms with Crippen molar-refractivity contribution in [3.05, 3.63) is 30.0 Å². The molecule has 0 atom stereocenters. The highest BCUT2D eigenvalue weighted by atomic mass is 19.4. The van der Waals surface area contributed by atoms with Crippen LogP contribution in [0.15, 0.2) is 18.7 Å². The molecular weight excluding hydrogens is 237 g/mol. The van der Waals surface area contributed by atoms with Crippen LogP contribution in [0.3, 0.4) is 0 Å². The topological polar surface area (TPSA) is 65.2 Å². The van der Waals surface area contributed by atoms with E-state index >= 15 is 0 Å². The standard InChI is InChI=1S/C10H9F3N2O2/c1-5(8(14)16)6-3-4-7(10(11,12)13)15-9(6)17-2/h3-4H,1H2,2H3,(H2,14,16). The van der Waals surface area contributed by atoms with Crippen LogP contribution in [-0.2, 0) is 11.0 Å². The number of pyridine rings is 1. The van der Waals surface area contributed by atoms with Gasteiger partial charge in [0.25, 0.3) is 0 Å². The summed E-state index contributed by atoms with van der Waals surface area (Å²) in [6, 6.07) is 1.77. The Bertz CT molecular complexity index is 469. The van der Waals surface area contributed by atoms with Gasteiger partial charge in [0, 0.05) is 11.1 Å². The quantitative estimate of drug-likeness (QED) is 0.824. The van der Waals surface area contributed by atoms with Crippen molar-refractivity contribution in [2.45, 2.75) is 6.18 Å². The summed E-state index contributed by atoms with van der Waals surface area (Å²) in [6.45, 7) is 3.35. The highest BCUT2D eigenvalue weighted by Crippen LogP contribution is 2.31. The molecule has 1 heterocycles. The fraction of sp³-hybridized carbons (Fsp3) is 0.200. The molecule has 92 valence electrons. The van der Waals surface area contributed by atoms with Gasteiger partial charge in [-0.15, -0.1) is 0 Å². The zero-order valence-corrected chi connectivity index (χ0v) is 8.84. The number of ether oxygens (including phenoxy) is 1. The van der Waals surface area contributed by atoms with E-state index in [0.717, 1.165) is 19.2 Å². The molecule has 0 saturated heterocycles. The van der Waals surface area contributed by atoms with Crippen molar-refractivity contribution in [3.63, 3.8) is 0 Å². The Morgan fingerprint density at radius 1 is 1.47 bits per heavy atom. The molecule has 0 aliphatic heterocycles. The second-order valence-electron chi connectivity index (χ2n) is 3.09. The van der Waals surface area contributed by atoms with Gasteiger partial charge < -0.3 is 10.5 Å². The van der Waals surface area contributed by atoms with Crippen molar-refractivity contribution in [1.82, 2.24) is 4.98 Å². The molecule has 0 aliphatic carbocycles. The maximum absolute atomic E-state index is 12.4. The van der Waals surface area contributed by atoms with Gasteiger partial charge in [-0.2, -0.15) is 13.2 Å². The fourth-order valence-electron chi connectivity index (χ4n) is 1.12. The highest BCUT2D eigenvalue weighted by Gasteiger charge is 2.33. The van der Waals surface area contributed by atoms with Crippen molar-refractivity contribution in [2.24, 2.45) is 5.73 Å². The molecule has 2 N–H and O–H groups in total. The average Bonchev–Trinajstić information content (AvgIpc) is 2.25. The van der Waals surface area contributed by atoms with Crippen molar-refractivity contribution in [2.75, 3.05) is 7.11 Å². The molecule has 17 heavy (non-hydrogen) atoms. The largest absolute Gasteiger partial charge is 0.481 e. The highest BCUT2D eigenvalue weighted by molar-refractivity contribution is 6.18. The maximum Gasteiger partial charge on any atom is 0.433 e. The predicted molar refractivity (Wildman–Crippen MR) is 54.0 cm³/mol. The van der Waals surface area contributed by atoms with E-state index in [1.165, 1.54) is 0 Å². The van der Waals surface area contributed by atoms with Crippen LogP contribution >= 0.6 is 0 Å². The lowest BCUT2D eigenvalue weighted by molar-refractivity contribution is -0.141. The number of methoxy groups -OCH3 is 1. The van der Waals surface area contributed by atoms with E-state index in [2.05, 4.69) is 16.3 Å². The van der Waals surface area contributed by atoms with E-state index in [1.54, 1.807) is 0 Å². The minimum Gasteiger partial charge on any atom is -0.481 e. The van der Waals surface area contributed by atoms with Gasteiger partial charge in [-0.3, -0.25) is 4.79 Å². The van der Waals surface area contributed by atoms with Gasteiger partial charge in [-0.25, -0.2) is 4.98 Å². The van der Waals surface area contributed by atoms with Gasteiger partial charge in [0.05, 0.1) is 7.11 Å². The van der Waals surface area contributed by atoms with Gasteiger partial charge >= 0.3 is 6.18 Å². The summed E-state index contributed by atoms with van der Waals surface area (Å²) in [6.07, 6.45) is -4.58. The molecule has 0 spiro atoms. The van der Waals surface area contributed by atoms with E-state index < -0.39 is 17.8 Å². The van der Waals surface area contributed by atoms with Crippen molar-refractivity contribution >= 4 is 11.5 Å². The maximum atomic E-state index is 12.4. The van der Waals surface area contributed by atoms with Crippen LogP contribution in [0.5, 0.6) is 5.88 Å². The Balaban J connectivity index is 3.28. The van der Waals surface area contributed by atoms with Crippen LogP contribution in [0.1, 0.15) is 11.3 Å². The normalized spacial score (nSPS) is 11.1. The van der Waals surface area contributed by atoms with E-state index in [0.29, 0.717) is 0 Å². The van der Waals surface area contributed by atoms with Crippen LogP contribution in [0.4, 0.5) is 13.2 Å². The number of amides is 1. The second-order valence-corrected chi connectivity index (χ2v) is 3.09. The molecule has 1 rings (SSSR count). The van der Waals surface area contributed by atoms with Gasteiger partial charge in [0.2, 0.25) is 11.8 Å². The number of carbonyl (C=O) groups is 1. The first-order valence-corrected chi connectivity index (χ1v) is 4.38. The molecule has 1 aromatic heterocycles. The molecule has 0 bridgehead atoms. The summed E-state index contributed by atoms with van der Waals surface area (Å²) in [5.74, 6) is -1.20. The third kappa shape index (κ3) is 2.74. The molecule has 4 nitrogen and oxygen atoms in total. The smallest absolute Gasteiger partial charge is 0.433 e. The van der Waals surface area contributed by atoms with Crippen LogP contribution in [0.2, 0.25) is 0 Å². The molecule has 1 amide bonds. The molecule has 0 aliphatic rings. The third-order valence-corrected chi connectivity index (χ3v) is 1.97. The number of carbonyl (C=O) groups excluding carboxylic acids is 1. The van der Waals surface area contributed by atoms with E-state index in [4.69, 9.17) is 5.73 Å². The molecule has 0 saturated carbocycles. The SMILES string of the molecule is C=C(C(N)=O)c1ccc(C(F)(F)F)nc1OC. The van der Waals surface area contributed by atoms with Crippen LogP contribution in [-0.4, -0.2) is 18.0 Å². The number of hydrogen-bond donors (Lipinski definition) is 1. The molecule has 1 aromatic rings. The molecular formula is C10H9F3N2O2. The zero-order chi connectivity index (χ0) is 13.2. The van der Waals surface area contributed by atoms with E-state index in [-0.39, 0.29) is 17.0 Å². The lowest BCUT2D eigenvalue weighted by Gasteiger charge is -2.11. The Labute approximate surface area is 94.9 Å². The Kier molecular flexibility index (Phi) is 3.40. The number of hydrogen-bond acceptors (Lipinski definition) is 3. The zero-order valence-electron chi connectivity index (χ0n) is 8.84. The first-order chi connectivity index (χ1) is 7.77. The first kappa shape index (κ1) is 13.0. The minimum atomic E-state index is -4.58. The Morgan fingerprint density at radius 2 is 2.06 bits per heavy atom. The van der Waals surface area contributed by atoms with Gasteiger partial charge in [-0.05, 0) is 12.1 Å². The fourth-order valence-corrected chi connectivity index (χ4v) is 1.12. The van der Waals surface area contributed by atoms with Crippen molar-refractivity contribution in [1.29, 1.82) is 0 Å². The summed E-state index contributed by atoms with van der Waals surface area (Å²) in [5.41, 5.74) is 3.73. The average molecular weight is 246 g/mol. The van der Waals surface area contributed by atoms with Crippen LogP contribution < -0.4 is 10.5 Å². The summed E-state index contributed by atoms with van der Waals surface area (Å²) in [5, 5.41) is 0. The first-order valence-electron chi connectivity index (χ1n) is 4.38. The summed E-state index contributed by atoms with van der Waals surface area (Å²) in [7, 11) is 1.14. The van der Waals surface area contributed by atoms with E-state index in [9.17, 15) is 18.0 Å². The predicted octanol–water partition coefficient (Wildman–Crippen LogP) is 1.61. The number of alkyl halides is 3. The summed E-state index contributed by atoms with van der Waals surface area (Å²) >= 11 is 0. The van der Waals surface area contributed by atoms with Crippen LogP contribution in [0.25, 0.3) is 5.57 Å². The number of aromatic nitrogens is 1. The lowest BCUT2D eigenvalue weighted by Crippen LogP contribution is -2.14. The molecule has 0 unspecified atom stereocenters. The number of nitrogens with zero attached hydrogens (tertiary/aromatic N) is 1. The number of halogens is 3. The van der Waals surface area contributed by atoms with Crippen LogP contribution in [0, 0.1) is 0 Å². The van der Waals surface area contributed by atoms with Crippen molar-refractivity contribution < 1.29 is 22.7 Å². The monoisotopic (exact) mass is 246 g/mol. The molecule has 0 aromatic carbocycles. The third-order valence-electron chi connectivity index (χ3n) is 1.97. The summed E-state index contributed by atoms with van der Waals surface area (Å²) < 4.78 is 41.8. The molecule has 0 radical (unpaired) electrons. The molecule has 7 heteroatoms. The number of rotatable bonds is 3. The van der Waals surface area contributed by atoms with Gasteiger partial charge in [0.1, 0.15) is 5.69 Å². The van der Waals surface area contributed by atoms with Gasteiger partial charge in [0.15, 0.2) is 0 Å². The van der Waals surface area contributed by atoms with Gasteiger partial charge in [-0.1, -0.05) is 6.58 Å². The van der Waals surface area contributed by atoms with Crippen molar-refractivity contribution in [3.8, 4) is 5.88 Å².